The van der Waals surface area contributed by atoms with E-state index >= 15 is 0 Å². The topological polar surface area (TPSA) is 58.6 Å². The molecule has 1 aliphatic carbocycles. The molecule has 1 heterocycles. The van der Waals surface area contributed by atoms with E-state index in [1.54, 1.807) is 12.1 Å². The summed E-state index contributed by atoms with van der Waals surface area (Å²) in [4.78, 5) is 26.6. The highest BCUT2D eigenvalue weighted by atomic mass is 16.5. The molecule has 0 aromatic heterocycles. The molecule has 1 unspecified atom stereocenters. The zero-order valence-corrected chi connectivity index (χ0v) is 16.0. The van der Waals surface area contributed by atoms with E-state index in [4.69, 9.17) is 4.74 Å². The third-order valence-corrected chi connectivity index (χ3v) is 5.34. The van der Waals surface area contributed by atoms with Crippen LogP contribution in [0.3, 0.4) is 0 Å². The van der Waals surface area contributed by atoms with Crippen LogP contribution in [0.1, 0.15) is 46.4 Å². The van der Waals surface area contributed by atoms with Crippen LogP contribution in [-0.2, 0) is 0 Å². The third kappa shape index (κ3) is 4.71. The number of ether oxygens (including phenoxy) is 1. The largest absolute Gasteiger partial charge is 0.493 e. The maximum atomic E-state index is 12.6. The van der Waals surface area contributed by atoms with Crippen molar-refractivity contribution in [3.05, 3.63) is 65.7 Å². The van der Waals surface area contributed by atoms with E-state index in [1.807, 2.05) is 47.4 Å². The number of likely N-dealkylation sites (tertiary alicyclic amines) is 1. The van der Waals surface area contributed by atoms with Crippen molar-refractivity contribution in [2.24, 2.45) is 5.92 Å². The maximum Gasteiger partial charge on any atom is 0.253 e. The molecule has 5 heteroatoms. The predicted molar refractivity (Wildman–Crippen MR) is 107 cm³/mol. The molecule has 0 bridgehead atoms. The van der Waals surface area contributed by atoms with Gasteiger partial charge in [0.2, 0.25) is 0 Å². The van der Waals surface area contributed by atoms with Gasteiger partial charge in [-0.25, -0.2) is 0 Å². The van der Waals surface area contributed by atoms with E-state index in [2.05, 4.69) is 5.32 Å². The minimum atomic E-state index is -0.0172. The molecule has 0 radical (unpaired) electrons. The molecule has 1 atom stereocenters. The van der Waals surface area contributed by atoms with Gasteiger partial charge in [-0.2, -0.15) is 0 Å². The van der Waals surface area contributed by atoms with Gasteiger partial charge in [-0.3, -0.25) is 9.59 Å². The number of carbonyl (C=O) groups excluding carboxylic acids is 2. The smallest absolute Gasteiger partial charge is 0.253 e. The molecule has 2 aromatic rings. The second-order valence-electron chi connectivity index (χ2n) is 7.71. The van der Waals surface area contributed by atoms with Crippen molar-refractivity contribution in [1.82, 2.24) is 10.2 Å². The lowest BCUT2D eigenvalue weighted by Gasteiger charge is -2.32. The summed E-state index contributed by atoms with van der Waals surface area (Å²) in [5.41, 5.74) is 1.40. The van der Waals surface area contributed by atoms with E-state index in [-0.39, 0.29) is 11.8 Å². The molecular weight excluding hydrogens is 352 g/mol. The number of benzene rings is 2. The van der Waals surface area contributed by atoms with Crippen molar-refractivity contribution in [3.63, 3.8) is 0 Å². The monoisotopic (exact) mass is 378 g/mol. The zero-order valence-electron chi connectivity index (χ0n) is 16.0. The number of hydrogen-bond donors (Lipinski definition) is 1. The van der Waals surface area contributed by atoms with Gasteiger partial charge in [0.05, 0.1) is 6.61 Å². The van der Waals surface area contributed by atoms with Crippen molar-refractivity contribution in [2.75, 3.05) is 19.7 Å². The van der Waals surface area contributed by atoms with Crippen LogP contribution in [0.25, 0.3) is 0 Å². The van der Waals surface area contributed by atoms with Crippen molar-refractivity contribution in [3.8, 4) is 5.75 Å². The summed E-state index contributed by atoms with van der Waals surface area (Å²) >= 11 is 0. The lowest BCUT2D eigenvalue weighted by Crippen LogP contribution is -2.41. The van der Waals surface area contributed by atoms with Gasteiger partial charge in [0.25, 0.3) is 11.8 Å². The first-order valence-electron chi connectivity index (χ1n) is 10.1. The van der Waals surface area contributed by atoms with Crippen LogP contribution in [0, 0.1) is 5.92 Å². The van der Waals surface area contributed by atoms with Crippen molar-refractivity contribution in [1.29, 1.82) is 0 Å². The first-order valence-corrected chi connectivity index (χ1v) is 10.1. The average Bonchev–Trinajstić information content (AvgIpc) is 3.57. The normalized spacial score (nSPS) is 19.1. The zero-order chi connectivity index (χ0) is 19.3. The first kappa shape index (κ1) is 18.5. The molecule has 5 nitrogen and oxygen atoms in total. The van der Waals surface area contributed by atoms with Crippen LogP contribution in [0.15, 0.2) is 54.6 Å². The Morgan fingerprint density at radius 1 is 0.964 bits per heavy atom. The van der Waals surface area contributed by atoms with Gasteiger partial charge in [0.1, 0.15) is 5.75 Å². The quantitative estimate of drug-likeness (QED) is 0.837. The Morgan fingerprint density at radius 2 is 1.71 bits per heavy atom. The lowest BCUT2D eigenvalue weighted by atomic mass is 9.98. The number of hydrogen-bond acceptors (Lipinski definition) is 3. The van der Waals surface area contributed by atoms with Gasteiger partial charge in [-0.15, -0.1) is 0 Å². The summed E-state index contributed by atoms with van der Waals surface area (Å²) in [6.07, 6.45) is 4.21. The Kier molecular flexibility index (Phi) is 5.60. The maximum absolute atomic E-state index is 12.6. The summed E-state index contributed by atoms with van der Waals surface area (Å²) < 4.78 is 5.94. The molecule has 28 heavy (non-hydrogen) atoms. The van der Waals surface area contributed by atoms with E-state index in [1.165, 1.54) is 0 Å². The highest BCUT2D eigenvalue weighted by Gasteiger charge is 2.25. The highest BCUT2D eigenvalue weighted by molar-refractivity contribution is 5.95. The fourth-order valence-corrected chi connectivity index (χ4v) is 3.56. The molecule has 1 N–H and O–H groups in total. The van der Waals surface area contributed by atoms with Crippen LogP contribution < -0.4 is 10.1 Å². The van der Waals surface area contributed by atoms with Gasteiger partial charge in [-0.1, -0.05) is 18.2 Å². The Morgan fingerprint density at radius 3 is 2.43 bits per heavy atom. The van der Waals surface area contributed by atoms with Crippen LogP contribution in [0.4, 0.5) is 0 Å². The highest BCUT2D eigenvalue weighted by Crippen LogP contribution is 2.22. The summed E-state index contributed by atoms with van der Waals surface area (Å²) in [7, 11) is 0. The van der Waals surface area contributed by atoms with Crippen molar-refractivity contribution < 1.29 is 14.3 Å². The fraction of sp³-hybridized carbons (Fsp3) is 0.391. The van der Waals surface area contributed by atoms with Crippen LogP contribution in [0.5, 0.6) is 5.75 Å². The number of carbonyl (C=O) groups is 2. The summed E-state index contributed by atoms with van der Waals surface area (Å²) in [5.74, 6) is 1.15. The molecule has 0 spiro atoms. The molecule has 146 valence electrons. The van der Waals surface area contributed by atoms with Crippen LogP contribution >= 0.6 is 0 Å². The Hall–Kier alpha value is -2.82. The Labute approximate surface area is 165 Å². The predicted octanol–water partition coefficient (Wildman–Crippen LogP) is 3.51. The SMILES string of the molecule is O=C(NC1CC1)c1ccc(OCC2CCCN(C(=O)c3ccccc3)C2)cc1. The van der Waals surface area contributed by atoms with Gasteiger partial charge in [0, 0.05) is 36.2 Å². The third-order valence-electron chi connectivity index (χ3n) is 5.34. The average molecular weight is 378 g/mol. The van der Waals surface area contributed by atoms with Gasteiger partial charge < -0.3 is 15.0 Å². The molecule has 1 aliphatic heterocycles. The fourth-order valence-electron chi connectivity index (χ4n) is 3.56. The number of piperidine rings is 1. The van der Waals surface area contributed by atoms with Gasteiger partial charge in [-0.05, 0) is 62.1 Å². The minimum absolute atomic E-state index is 0.0172. The molecule has 4 rings (SSSR count). The molecule has 2 aliphatic rings. The lowest BCUT2D eigenvalue weighted by molar-refractivity contribution is 0.0633. The second kappa shape index (κ2) is 8.46. The van der Waals surface area contributed by atoms with E-state index in [0.717, 1.165) is 50.1 Å². The minimum Gasteiger partial charge on any atom is -0.493 e. The van der Waals surface area contributed by atoms with E-state index in [9.17, 15) is 9.59 Å². The number of rotatable bonds is 6. The van der Waals surface area contributed by atoms with E-state index < -0.39 is 0 Å². The molecule has 2 aromatic carbocycles. The molecule has 2 amide bonds. The summed E-state index contributed by atoms with van der Waals surface area (Å²) in [5, 5.41) is 2.99. The molecule has 2 fully saturated rings. The Bertz CT molecular complexity index is 816. The molecule has 1 saturated heterocycles. The van der Waals surface area contributed by atoms with Gasteiger partial charge in [0.15, 0.2) is 0 Å². The van der Waals surface area contributed by atoms with Crippen LogP contribution in [0.2, 0.25) is 0 Å². The number of amides is 2. The molecular formula is C23H26N2O3. The molecule has 1 saturated carbocycles. The van der Waals surface area contributed by atoms with Crippen molar-refractivity contribution in [2.45, 2.75) is 31.7 Å². The number of nitrogens with zero attached hydrogens (tertiary/aromatic N) is 1. The number of nitrogens with one attached hydrogen (secondary N) is 1. The Balaban J connectivity index is 1.28. The van der Waals surface area contributed by atoms with Crippen LogP contribution in [-0.4, -0.2) is 42.5 Å². The summed E-state index contributed by atoms with van der Waals surface area (Å²) in [6.45, 7) is 2.09. The summed E-state index contributed by atoms with van der Waals surface area (Å²) in [6, 6.07) is 17.1. The standard InChI is InChI=1S/C23H26N2O3/c26-22(24-20-10-11-20)18-8-12-21(13-9-18)28-16-17-5-4-14-25(15-17)23(27)19-6-2-1-3-7-19/h1-3,6-9,12-13,17,20H,4-5,10-11,14-16H2,(H,24,26). The second-order valence-corrected chi connectivity index (χ2v) is 7.71. The van der Waals surface area contributed by atoms with Gasteiger partial charge >= 0.3 is 0 Å². The van der Waals surface area contributed by atoms with E-state index in [0.29, 0.717) is 24.1 Å². The first-order chi connectivity index (χ1) is 13.7. The van der Waals surface area contributed by atoms with Crippen molar-refractivity contribution >= 4 is 11.8 Å².